The Morgan fingerprint density at radius 2 is 2.16 bits per heavy atom. The van der Waals surface area contributed by atoms with E-state index in [2.05, 4.69) is 12.2 Å². The zero-order valence-corrected chi connectivity index (χ0v) is 11.5. The molecule has 0 saturated carbocycles. The van der Waals surface area contributed by atoms with E-state index in [9.17, 15) is 14.9 Å². The Morgan fingerprint density at radius 1 is 1.47 bits per heavy atom. The van der Waals surface area contributed by atoms with Gasteiger partial charge >= 0.3 is 0 Å². The van der Waals surface area contributed by atoms with Gasteiger partial charge in [0.15, 0.2) is 0 Å². The molecule has 0 radical (unpaired) electrons. The lowest BCUT2D eigenvalue weighted by Gasteiger charge is -2.17. The van der Waals surface area contributed by atoms with Gasteiger partial charge in [-0.3, -0.25) is 14.9 Å². The highest BCUT2D eigenvalue weighted by Crippen LogP contribution is 2.25. The summed E-state index contributed by atoms with van der Waals surface area (Å²) in [4.78, 5) is 24.1. The second-order valence-electron chi connectivity index (χ2n) is 4.32. The molecule has 19 heavy (non-hydrogen) atoms. The molecule has 0 aromatic heterocycles. The van der Waals surface area contributed by atoms with Crippen LogP contribution in [0.4, 0.5) is 11.4 Å². The molecule has 1 rings (SSSR count). The first-order chi connectivity index (χ1) is 9.01. The predicted molar refractivity (Wildman–Crippen MR) is 74.5 cm³/mol. The van der Waals surface area contributed by atoms with Crippen LogP contribution in [-0.4, -0.2) is 36.4 Å². The molecule has 0 aliphatic carbocycles. The van der Waals surface area contributed by atoms with Crippen LogP contribution in [0.5, 0.6) is 0 Å². The van der Waals surface area contributed by atoms with Crippen LogP contribution in [0, 0.1) is 10.1 Å². The molecule has 1 aromatic carbocycles. The average Bonchev–Trinajstić information content (AvgIpc) is 2.42. The summed E-state index contributed by atoms with van der Waals surface area (Å²) in [5.41, 5.74) is 0.767. The topological polar surface area (TPSA) is 75.5 Å². The fourth-order valence-corrected chi connectivity index (χ4v) is 1.75. The first-order valence-electron chi connectivity index (χ1n) is 6.23. The molecule has 0 aliphatic heterocycles. The summed E-state index contributed by atoms with van der Waals surface area (Å²) >= 11 is 0. The Bertz CT molecular complexity index is 474. The number of benzene rings is 1. The Kier molecular flexibility index (Phi) is 5.29. The largest absolute Gasteiger partial charge is 0.383 e. The zero-order valence-electron chi connectivity index (χ0n) is 11.5. The van der Waals surface area contributed by atoms with Crippen LogP contribution in [0.1, 0.15) is 30.1 Å². The molecule has 0 saturated heterocycles. The van der Waals surface area contributed by atoms with E-state index in [0.29, 0.717) is 17.8 Å². The van der Waals surface area contributed by atoms with Crippen molar-refractivity contribution in [1.82, 2.24) is 4.90 Å². The number of nitrogens with one attached hydrogen (secondary N) is 1. The van der Waals surface area contributed by atoms with Crippen molar-refractivity contribution in [2.24, 2.45) is 0 Å². The van der Waals surface area contributed by atoms with Crippen molar-refractivity contribution in [2.45, 2.75) is 19.8 Å². The molecule has 0 fully saturated rings. The Hall–Kier alpha value is -2.11. The third kappa shape index (κ3) is 3.67. The molecule has 0 aliphatic rings. The summed E-state index contributed by atoms with van der Waals surface area (Å²) in [6.45, 7) is 2.74. The Balaban J connectivity index is 2.95. The smallest absolute Gasteiger partial charge is 0.292 e. The van der Waals surface area contributed by atoms with Crippen LogP contribution in [0.15, 0.2) is 18.2 Å². The van der Waals surface area contributed by atoms with Gasteiger partial charge in [-0.15, -0.1) is 0 Å². The number of nitro groups is 1. The summed E-state index contributed by atoms with van der Waals surface area (Å²) < 4.78 is 0. The summed E-state index contributed by atoms with van der Waals surface area (Å²) in [7, 11) is 3.33. The van der Waals surface area contributed by atoms with Crippen molar-refractivity contribution < 1.29 is 9.72 Å². The van der Waals surface area contributed by atoms with E-state index in [-0.39, 0.29) is 11.6 Å². The third-order valence-corrected chi connectivity index (χ3v) is 2.90. The second-order valence-corrected chi connectivity index (χ2v) is 4.32. The minimum Gasteiger partial charge on any atom is -0.383 e. The van der Waals surface area contributed by atoms with Gasteiger partial charge < -0.3 is 10.2 Å². The van der Waals surface area contributed by atoms with E-state index >= 15 is 0 Å². The highest BCUT2D eigenvalue weighted by molar-refractivity contribution is 5.95. The van der Waals surface area contributed by atoms with Gasteiger partial charge in [-0.2, -0.15) is 0 Å². The fourth-order valence-electron chi connectivity index (χ4n) is 1.75. The number of carbonyl (C=O) groups is 1. The quantitative estimate of drug-likeness (QED) is 0.633. The van der Waals surface area contributed by atoms with Crippen molar-refractivity contribution in [3.63, 3.8) is 0 Å². The Morgan fingerprint density at radius 3 is 2.68 bits per heavy atom. The minimum absolute atomic E-state index is 0.0322. The zero-order chi connectivity index (χ0) is 14.4. The molecule has 0 spiro atoms. The second kappa shape index (κ2) is 6.72. The van der Waals surface area contributed by atoms with Gasteiger partial charge in [0.05, 0.1) is 4.92 Å². The lowest BCUT2D eigenvalue weighted by Crippen LogP contribution is -2.27. The molecular weight excluding hydrogens is 246 g/mol. The first-order valence-corrected chi connectivity index (χ1v) is 6.23. The molecular formula is C13H19N3O3. The number of unbranched alkanes of at least 4 members (excludes halogenated alkanes) is 1. The maximum atomic E-state index is 12.1. The lowest BCUT2D eigenvalue weighted by molar-refractivity contribution is -0.383. The molecule has 1 amide bonds. The van der Waals surface area contributed by atoms with E-state index in [1.807, 2.05) is 0 Å². The number of hydrogen-bond acceptors (Lipinski definition) is 4. The molecule has 1 N–H and O–H groups in total. The SMILES string of the molecule is CCCCN(C)C(=O)c1ccc([N+](=O)[O-])c(NC)c1. The number of rotatable bonds is 6. The predicted octanol–water partition coefficient (Wildman–Crippen LogP) is 2.51. The van der Waals surface area contributed by atoms with Crippen LogP contribution in [0.3, 0.4) is 0 Å². The van der Waals surface area contributed by atoms with Crippen LogP contribution in [-0.2, 0) is 0 Å². The third-order valence-electron chi connectivity index (χ3n) is 2.90. The van der Waals surface area contributed by atoms with Crippen LogP contribution in [0.2, 0.25) is 0 Å². The highest BCUT2D eigenvalue weighted by Gasteiger charge is 2.17. The van der Waals surface area contributed by atoms with Gasteiger partial charge in [0.2, 0.25) is 0 Å². The van der Waals surface area contributed by atoms with Crippen molar-refractivity contribution in [1.29, 1.82) is 0 Å². The van der Waals surface area contributed by atoms with Crippen molar-refractivity contribution in [3.05, 3.63) is 33.9 Å². The van der Waals surface area contributed by atoms with Crippen molar-refractivity contribution >= 4 is 17.3 Å². The van der Waals surface area contributed by atoms with Crippen LogP contribution >= 0.6 is 0 Å². The molecule has 1 aromatic rings. The molecule has 6 heteroatoms. The molecule has 0 atom stereocenters. The minimum atomic E-state index is -0.471. The van der Waals surface area contributed by atoms with E-state index < -0.39 is 4.92 Å². The Labute approximate surface area is 112 Å². The van der Waals surface area contributed by atoms with E-state index in [1.165, 1.54) is 18.2 Å². The van der Waals surface area contributed by atoms with Gasteiger partial charge in [-0.1, -0.05) is 13.3 Å². The summed E-state index contributed by atoms with van der Waals surface area (Å²) in [5, 5.41) is 13.5. The maximum absolute atomic E-state index is 12.1. The number of carbonyl (C=O) groups excluding carboxylic acids is 1. The van der Waals surface area contributed by atoms with Crippen molar-refractivity contribution in [3.8, 4) is 0 Å². The summed E-state index contributed by atoms with van der Waals surface area (Å²) in [5.74, 6) is -0.125. The van der Waals surface area contributed by atoms with Gasteiger partial charge in [0, 0.05) is 32.3 Å². The van der Waals surface area contributed by atoms with Gasteiger partial charge in [0.1, 0.15) is 5.69 Å². The molecule has 0 heterocycles. The van der Waals surface area contributed by atoms with Gasteiger partial charge in [0.25, 0.3) is 11.6 Å². The fraction of sp³-hybridized carbons (Fsp3) is 0.462. The molecule has 104 valence electrons. The van der Waals surface area contributed by atoms with Crippen LogP contribution in [0.25, 0.3) is 0 Å². The molecule has 0 unspecified atom stereocenters. The monoisotopic (exact) mass is 265 g/mol. The standard InChI is InChI=1S/C13H19N3O3/c1-4-5-8-15(3)13(17)10-6-7-12(16(18)19)11(9-10)14-2/h6-7,9,14H,4-5,8H2,1-3H3. The van der Waals surface area contributed by atoms with E-state index in [0.717, 1.165) is 12.8 Å². The average molecular weight is 265 g/mol. The lowest BCUT2D eigenvalue weighted by atomic mass is 10.1. The van der Waals surface area contributed by atoms with E-state index in [1.54, 1.807) is 19.0 Å². The number of nitrogens with zero attached hydrogens (tertiary/aromatic N) is 2. The first kappa shape index (κ1) is 14.9. The number of amides is 1. The highest BCUT2D eigenvalue weighted by atomic mass is 16.6. The van der Waals surface area contributed by atoms with Crippen molar-refractivity contribution in [2.75, 3.05) is 26.0 Å². The molecule has 6 nitrogen and oxygen atoms in total. The summed E-state index contributed by atoms with van der Waals surface area (Å²) in [6, 6.07) is 4.36. The van der Waals surface area contributed by atoms with Crippen LogP contribution < -0.4 is 5.32 Å². The molecule has 0 bridgehead atoms. The number of hydrogen-bond donors (Lipinski definition) is 1. The maximum Gasteiger partial charge on any atom is 0.292 e. The van der Waals surface area contributed by atoms with Gasteiger partial charge in [-0.25, -0.2) is 0 Å². The number of anilines is 1. The summed E-state index contributed by atoms with van der Waals surface area (Å²) in [6.07, 6.45) is 1.95. The normalized spacial score (nSPS) is 10.1. The number of nitro benzene ring substituents is 1. The van der Waals surface area contributed by atoms with E-state index in [4.69, 9.17) is 0 Å². The van der Waals surface area contributed by atoms with Gasteiger partial charge in [-0.05, 0) is 18.6 Å².